The molecule has 4 rings (SSSR count). The van der Waals surface area contributed by atoms with Gasteiger partial charge in [0.2, 0.25) is 0 Å². The number of nitrogens with zero attached hydrogens (tertiary/aromatic N) is 1. The van der Waals surface area contributed by atoms with E-state index in [0.29, 0.717) is 11.4 Å². The van der Waals surface area contributed by atoms with E-state index in [9.17, 15) is 9.59 Å². The second kappa shape index (κ2) is 7.01. The van der Waals surface area contributed by atoms with Crippen LogP contribution in [0, 0.1) is 0 Å². The van der Waals surface area contributed by atoms with Crippen molar-refractivity contribution < 1.29 is 23.8 Å². The molecule has 0 spiro atoms. The predicted octanol–water partition coefficient (Wildman–Crippen LogP) is 3.77. The van der Waals surface area contributed by atoms with Crippen molar-refractivity contribution in [2.75, 3.05) is 12.4 Å². The molecule has 1 N–H and O–H groups in total. The highest BCUT2D eigenvalue weighted by molar-refractivity contribution is 6.15. The van der Waals surface area contributed by atoms with Crippen molar-refractivity contribution in [1.82, 2.24) is 4.57 Å². The molecule has 2 aromatic carbocycles. The number of hydrogen-bond donors (Lipinski definition) is 1. The van der Waals surface area contributed by atoms with Crippen molar-refractivity contribution in [3.05, 3.63) is 66.5 Å². The van der Waals surface area contributed by atoms with E-state index >= 15 is 0 Å². The lowest BCUT2D eigenvalue weighted by molar-refractivity contribution is -0.222. The van der Waals surface area contributed by atoms with E-state index in [1.807, 2.05) is 59.3 Å². The molecule has 0 bridgehead atoms. The van der Waals surface area contributed by atoms with E-state index < -0.39 is 17.7 Å². The maximum absolute atomic E-state index is 12.1. The number of esters is 2. The highest BCUT2D eigenvalue weighted by atomic mass is 16.7. The molecule has 1 saturated heterocycles. The zero-order chi connectivity index (χ0) is 20.6. The van der Waals surface area contributed by atoms with Crippen LogP contribution in [0.2, 0.25) is 0 Å². The SMILES string of the molecule is COc1cc2ccn(-c3ccccc3)c2cc1NC=C1C(=O)OC(C)(C)OC1=O. The lowest BCUT2D eigenvalue weighted by Crippen LogP contribution is -2.42. The lowest BCUT2D eigenvalue weighted by atomic mass is 10.2. The Balaban J connectivity index is 1.72. The van der Waals surface area contributed by atoms with Crippen LogP contribution >= 0.6 is 0 Å². The van der Waals surface area contributed by atoms with E-state index in [0.717, 1.165) is 16.6 Å². The third-order valence-corrected chi connectivity index (χ3v) is 4.53. The molecular formula is C22H20N2O5. The first-order chi connectivity index (χ1) is 13.9. The molecule has 1 aliphatic heterocycles. The van der Waals surface area contributed by atoms with E-state index in [4.69, 9.17) is 14.2 Å². The van der Waals surface area contributed by atoms with Crippen LogP contribution in [0.4, 0.5) is 5.69 Å². The molecule has 0 aliphatic carbocycles. The van der Waals surface area contributed by atoms with Crippen LogP contribution in [0.25, 0.3) is 16.6 Å². The Hall–Kier alpha value is -3.74. The van der Waals surface area contributed by atoms with Crippen molar-refractivity contribution >= 4 is 28.5 Å². The van der Waals surface area contributed by atoms with Gasteiger partial charge in [0.25, 0.3) is 5.79 Å². The molecular weight excluding hydrogens is 372 g/mol. The molecule has 2 heterocycles. The Morgan fingerprint density at radius 1 is 1.03 bits per heavy atom. The van der Waals surface area contributed by atoms with Crippen molar-refractivity contribution in [1.29, 1.82) is 0 Å². The van der Waals surface area contributed by atoms with Gasteiger partial charge in [-0.25, -0.2) is 9.59 Å². The minimum atomic E-state index is -1.28. The van der Waals surface area contributed by atoms with Gasteiger partial charge in [-0.1, -0.05) is 18.2 Å². The molecule has 1 aromatic heterocycles. The fourth-order valence-corrected chi connectivity index (χ4v) is 3.19. The largest absolute Gasteiger partial charge is 0.495 e. The number of fused-ring (bicyclic) bond motifs is 1. The van der Waals surface area contributed by atoms with Crippen LogP contribution < -0.4 is 10.1 Å². The first-order valence-corrected chi connectivity index (χ1v) is 9.06. The standard InChI is InChI=1S/C22H20N2O5/c1-22(2)28-20(25)16(21(26)29-22)13-23-17-12-18-14(11-19(17)27-3)9-10-24(18)15-7-5-4-6-8-15/h4-13,23H,1-3H3. The normalized spacial score (nSPS) is 15.6. The molecule has 29 heavy (non-hydrogen) atoms. The second-order valence-electron chi connectivity index (χ2n) is 7.01. The van der Waals surface area contributed by atoms with Crippen molar-refractivity contribution in [2.45, 2.75) is 19.6 Å². The van der Waals surface area contributed by atoms with Gasteiger partial charge in [-0.15, -0.1) is 0 Å². The molecule has 0 saturated carbocycles. The smallest absolute Gasteiger partial charge is 0.350 e. The fourth-order valence-electron chi connectivity index (χ4n) is 3.19. The molecule has 1 aliphatic rings. The number of aromatic nitrogens is 1. The summed E-state index contributed by atoms with van der Waals surface area (Å²) in [6.45, 7) is 3.00. The van der Waals surface area contributed by atoms with E-state index in [1.54, 1.807) is 7.11 Å². The Labute approximate surface area is 167 Å². The number of rotatable bonds is 4. The molecule has 0 unspecified atom stereocenters. The summed E-state index contributed by atoms with van der Waals surface area (Å²) >= 11 is 0. The predicted molar refractivity (Wildman–Crippen MR) is 108 cm³/mol. The number of carbonyl (C=O) groups is 2. The third-order valence-electron chi connectivity index (χ3n) is 4.53. The van der Waals surface area contributed by atoms with Crippen molar-refractivity contribution in [3.63, 3.8) is 0 Å². The van der Waals surface area contributed by atoms with Gasteiger partial charge in [-0.3, -0.25) is 0 Å². The molecule has 0 amide bonds. The second-order valence-corrected chi connectivity index (χ2v) is 7.01. The average Bonchev–Trinajstić information content (AvgIpc) is 3.09. The zero-order valence-corrected chi connectivity index (χ0v) is 16.3. The Bertz CT molecular complexity index is 1110. The van der Waals surface area contributed by atoms with Gasteiger partial charge >= 0.3 is 11.9 Å². The number of para-hydroxylation sites is 1. The summed E-state index contributed by atoms with van der Waals surface area (Å²) in [6, 6.07) is 15.7. The molecule has 148 valence electrons. The summed E-state index contributed by atoms with van der Waals surface area (Å²) in [5.74, 6) is -2.20. The number of cyclic esters (lactones) is 2. The van der Waals surface area contributed by atoms with Gasteiger partial charge < -0.3 is 24.1 Å². The number of hydrogen-bond acceptors (Lipinski definition) is 6. The maximum atomic E-state index is 12.1. The first-order valence-electron chi connectivity index (χ1n) is 9.06. The first kappa shape index (κ1) is 18.6. The van der Waals surface area contributed by atoms with Gasteiger partial charge in [-0.2, -0.15) is 0 Å². The maximum Gasteiger partial charge on any atom is 0.350 e. The highest BCUT2D eigenvalue weighted by Crippen LogP contribution is 2.33. The van der Waals surface area contributed by atoms with E-state index in [2.05, 4.69) is 5.32 Å². The highest BCUT2D eigenvalue weighted by Gasteiger charge is 2.39. The summed E-state index contributed by atoms with van der Waals surface area (Å²) in [5.41, 5.74) is 2.32. The van der Waals surface area contributed by atoms with E-state index in [-0.39, 0.29) is 5.57 Å². The van der Waals surface area contributed by atoms with Crippen molar-refractivity contribution in [3.8, 4) is 11.4 Å². The Kier molecular flexibility index (Phi) is 4.50. The van der Waals surface area contributed by atoms with Crippen LogP contribution in [0.1, 0.15) is 13.8 Å². The molecule has 7 nitrogen and oxygen atoms in total. The van der Waals surface area contributed by atoms with Crippen molar-refractivity contribution in [2.24, 2.45) is 0 Å². The number of ether oxygens (including phenoxy) is 3. The summed E-state index contributed by atoms with van der Waals surface area (Å²) < 4.78 is 17.7. The molecule has 1 fully saturated rings. The van der Waals surface area contributed by atoms with Crippen LogP contribution in [0.5, 0.6) is 5.75 Å². The quantitative estimate of drug-likeness (QED) is 0.414. The molecule has 7 heteroatoms. The number of carbonyl (C=O) groups excluding carboxylic acids is 2. The van der Waals surface area contributed by atoms with Crippen LogP contribution in [0.15, 0.2) is 66.5 Å². The van der Waals surface area contributed by atoms with Gasteiger partial charge in [0, 0.05) is 37.3 Å². The summed E-state index contributed by atoms with van der Waals surface area (Å²) in [7, 11) is 1.55. The fraction of sp³-hybridized carbons (Fsp3) is 0.182. The Morgan fingerprint density at radius 3 is 2.38 bits per heavy atom. The van der Waals surface area contributed by atoms with Gasteiger partial charge in [-0.05, 0) is 30.3 Å². The van der Waals surface area contributed by atoms with Crippen LogP contribution in [-0.4, -0.2) is 29.4 Å². The average molecular weight is 392 g/mol. The third kappa shape index (κ3) is 3.54. The summed E-state index contributed by atoms with van der Waals surface area (Å²) in [6.07, 6.45) is 3.25. The van der Waals surface area contributed by atoms with Gasteiger partial charge in [0.15, 0.2) is 5.57 Å². The summed E-state index contributed by atoms with van der Waals surface area (Å²) in [4.78, 5) is 24.3. The minimum Gasteiger partial charge on any atom is -0.495 e. The number of methoxy groups -OCH3 is 1. The van der Waals surface area contributed by atoms with Crippen LogP contribution in [0.3, 0.4) is 0 Å². The minimum absolute atomic E-state index is 0.218. The molecule has 0 radical (unpaired) electrons. The zero-order valence-electron chi connectivity index (χ0n) is 16.3. The van der Waals surface area contributed by atoms with Gasteiger partial charge in [0.05, 0.1) is 18.3 Å². The number of benzene rings is 2. The number of anilines is 1. The lowest BCUT2D eigenvalue weighted by Gasteiger charge is -2.29. The molecule has 3 aromatic rings. The topological polar surface area (TPSA) is 78.8 Å². The molecule has 0 atom stereocenters. The van der Waals surface area contributed by atoms with Gasteiger partial charge in [0.1, 0.15) is 5.75 Å². The summed E-state index contributed by atoms with van der Waals surface area (Å²) in [5, 5.41) is 3.97. The Morgan fingerprint density at radius 2 is 1.72 bits per heavy atom. The number of nitrogens with one attached hydrogen (secondary N) is 1. The monoisotopic (exact) mass is 392 g/mol. The van der Waals surface area contributed by atoms with E-state index in [1.165, 1.54) is 20.0 Å². The van der Waals surface area contributed by atoms with Crippen LogP contribution in [-0.2, 0) is 19.1 Å².